The minimum absolute atomic E-state index is 0.0482. The minimum Gasteiger partial charge on any atom is -0.482 e. The van der Waals surface area contributed by atoms with Crippen LogP contribution < -0.4 is 20.2 Å². The molecule has 0 atom stereocenters. The standard InChI is InChI=1S/C27H23FNO7S/c1-4-5-14-12-21(31)35-26-22(14)25-18(8-9-27(2,3)36-25)24-23(26)19(30)13-17(34-24)11-15-10-16(28)6-7-20(15)37(29,32)33/h6-11H,4-5,13H2,1-3H3,(H2,29,32,33). The molecule has 2 aliphatic heterocycles. The van der Waals surface area contributed by atoms with Crippen molar-refractivity contribution < 1.29 is 31.5 Å². The lowest BCUT2D eigenvalue weighted by atomic mass is 9.90. The topological polar surface area (TPSA) is 126 Å². The molecule has 3 heterocycles. The van der Waals surface area contributed by atoms with Crippen molar-refractivity contribution in [1.82, 2.24) is 0 Å². The summed E-state index contributed by atoms with van der Waals surface area (Å²) in [6.07, 6.45) is 5.78. The summed E-state index contributed by atoms with van der Waals surface area (Å²) in [5, 5.41) is 5.78. The molecule has 2 N–H and O–H groups in total. The summed E-state index contributed by atoms with van der Waals surface area (Å²) in [6, 6.07) is 5.73. The van der Waals surface area contributed by atoms with Crippen molar-refractivity contribution in [2.45, 2.75) is 50.5 Å². The molecule has 5 rings (SSSR count). The minimum atomic E-state index is -4.18. The number of sulfonamides is 1. The molecular weight excluding hydrogens is 501 g/mol. The Morgan fingerprint density at radius 3 is 2.68 bits per heavy atom. The smallest absolute Gasteiger partial charge is 0.344 e. The van der Waals surface area contributed by atoms with Gasteiger partial charge in [-0.2, -0.15) is 0 Å². The summed E-state index contributed by atoms with van der Waals surface area (Å²) in [5.74, 6) is -0.572. The quantitative estimate of drug-likeness (QED) is 0.497. The lowest BCUT2D eigenvalue weighted by molar-refractivity contribution is 0.0965. The fourth-order valence-electron chi connectivity index (χ4n) is 4.58. The van der Waals surface area contributed by atoms with Crippen LogP contribution in [-0.4, -0.2) is 19.8 Å². The van der Waals surface area contributed by atoms with Gasteiger partial charge in [0.05, 0.1) is 28.3 Å². The van der Waals surface area contributed by atoms with E-state index in [4.69, 9.17) is 19.0 Å². The van der Waals surface area contributed by atoms with E-state index in [2.05, 4.69) is 6.07 Å². The van der Waals surface area contributed by atoms with Gasteiger partial charge in [0.15, 0.2) is 17.1 Å². The van der Waals surface area contributed by atoms with E-state index >= 15 is 0 Å². The van der Waals surface area contributed by atoms with Crippen LogP contribution in [0.1, 0.15) is 60.7 Å². The summed E-state index contributed by atoms with van der Waals surface area (Å²) >= 11 is 0. The Hall–Kier alpha value is -3.76. The zero-order valence-electron chi connectivity index (χ0n) is 20.3. The first kappa shape index (κ1) is 24.9. The van der Waals surface area contributed by atoms with Crippen LogP contribution in [0, 0.1) is 11.9 Å². The fraction of sp³-hybridized carbons (Fsp3) is 0.259. The molecule has 8 nitrogen and oxygen atoms in total. The Morgan fingerprint density at radius 2 is 1.97 bits per heavy atom. The van der Waals surface area contributed by atoms with Gasteiger partial charge in [-0.3, -0.25) is 4.79 Å². The second kappa shape index (κ2) is 8.67. The van der Waals surface area contributed by atoms with E-state index in [1.807, 2.05) is 20.8 Å². The number of hydrogen-bond acceptors (Lipinski definition) is 7. The first-order valence-electron chi connectivity index (χ1n) is 11.6. The Kier molecular flexibility index (Phi) is 5.84. The number of halogens is 1. The zero-order chi connectivity index (χ0) is 26.7. The van der Waals surface area contributed by atoms with Crippen molar-refractivity contribution in [2.24, 2.45) is 5.14 Å². The van der Waals surface area contributed by atoms with Gasteiger partial charge in [-0.15, -0.1) is 0 Å². The first-order valence-corrected chi connectivity index (χ1v) is 13.1. The molecule has 0 unspecified atom stereocenters. The predicted molar refractivity (Wildman–Crippen MR) is 134 cm³/mol. The third kappa shape index (κ3) is 4.47. The van der Waals surface area contributed by atoms with Gasteiger partial charge in [-0.25, -0.2) is 22.7 Å². The van der Waals surface area contributed by atoms with Crippen LogP contribution in [0.4, 0.5) is 4.39 Å². The number of fused-ring (bicyclic) bond motifs is 6. The molecular formula is C27H23FNO7S. The van der Waals surface area contributed by atoms with Crippen LogP contribution in [0.5, 0.6) is 11.5 Å². The van der Waals surface area contributed by atoms with Crippen LogP contribution in [0.2, 0.25) is 0 Å². The molecule has 37 heavy (non-hydrogen) atoms. The molecule has 3 aromatic rings. The summed E-state index contributed by atoms with van der Waals surface area (Å²) in [4.78, 5) is 25.5. The zero-order valence-corrected chi connectivity index (χ0v) is 21.1. The van der Waals surface area contributed by atoms with E-state index in [-0.39, 0.29) is 39.5 Å². The Labute approximate surface area is 212 Å². The van der Waals surface area contributed by atoms with E-state index < -0.39 is 32.9 Å². The largest absolute Gasteiger partial charge is 0.482 e. The van der Waals surface area contributed by atoms with Crippen LogP contribution in [-0.2, 0) is 16.4 Å². The Balaban J connectivity index is 1.78. The predicted octanol–water partition coefficient (Wildman–Crippen LogP) is 4.52. The highest BCUT2D eigenvalue weighted by Crippen LogP contribution is 2.49. The van der Waals surface area contributed by atoms with E-state index in [9.17, 15) is 22.4 Å². The average molecular weight is 525 g/mol. The lowest BCUT2D eigenvalue weighted by Crippen LogP contribution is -2.29. The molecule has 10 heteroatoms. The van der Waals surface area contributed by atoms with Crippen LogP contribution >= 0.6 is 0 Å². The van der Waals surface area contributed by atoms with Crippen LogP contribution in [0.15, 0.2) is 44.1 Å². The summed E-state index contributed by atoms with van der Waals surface area (Å²) in [5.41, 5.74) is -0.327. The normalized spacial score (nSPS) is 17.3. The molecule has 1 radical (unpaired) electrons. The molecule has 191 valence electrons. The molecule has 0 saturated carbocycles. The third-order valence-corrected chi connectivity index (χ3v) is 7.09. The second-order valence-electron chi connectivity index (χ2n) is 9.47. The van der Waals surface area contributed by atoms with Crippen molar-refractivity contribution in [2.75, 3.05) is 0 Å². The number of allylic oxidation sites excluding steroid dienone is 1. The fourth-order valence-corrected chi connectivity index (χ4v) is 5.28. The van der Waals surface area contributed by atoms with Gasteiger partial charge in [0.1, 0.15) is 28.5 Å². The SMILES string of the molecule is CCCc1[c]c(=O)oc2c3c(c4c(c12)OC(C)(C)C=C4)OC(=Cc1cc(F)ccc1S(N)(=O)=O)CC3=O. The van der Waals surface area contributed by atoms with Crippen LogP contribution in [0.25, 0.3) is 23.1 Å². The number of aryl methyl sites for hydroxylation is 1. The Bertz CT molecular complexity index is 1710. The van der Waals surface area contributed by atoms with Gasteiger partial charge in [0.25, 0.3) is 0 Å². The van der Waals surface area contributed by atoms with Crippen LogP contribution in [0.3, 0.4) is 0 Å². The van der Waals surface area contributed by atoms with Gasteiger partial charge < -0.3 is 13.9 Å². The number of rotatable bonds is 4. The molecule has 0 spiro atoms. The molecule has 0 fully saturated rings. The van der Waals surface area contributed by atoms with Crippen molar-refractivity contribution in [3.8, 4) is 11.5 Å². The van der Waals surface area contributed by atoms with Gasteiger partial charge in [-0.1, -0.05) is 13.3 Å². The third-order valence-electron chi connectivity index (χ3n) is 6.11. The molecule has 0 aliphatic carbocycles. The van der Waals surface area contributed by atoms with Gasteiger partial charge in [-0.05, 0) is 62.3 Å². The van der Waals surface area contributed by atoms with Gasteiger partial charge in [0, 0.05) is 5.56 Å². The van der Waals surface area contributed by atoms with E-state index in [1.165, 1.54) is 6.08 Å². The van der Waals surface area contributed by atoms with Gasteiger partial charge in [0.2, 0.25) is 10.0 Å². The summed E-state index contributed by atoms with van der Waals surface area (Å²) in [6.45, 7) is 5.67. The van der Waals surface area contributed by atoms with Gasteiger partial charge >= 0.3 is 5.63 Å². The van der Waals surface area contributed by atoms with Crippen molar-refractivity contribution >= 4 is 38.9 Å². The van der Waals surface area contributed by atoms with E-state index in [1.54, 1.807) is 12.2 Å². The van der Waals surface area contributed by atoms with E-state index in [0.717, 1.165) is 24.6 Å². The monoisotopic (exact) mass is 524 g/mol. The number of ketones is 1. The molecule has 2 aliphatic rings. The second-order valence-corrected chi connectivity index (χ2v) is 11.0. The number of hydrogen-bond donors (Lipinski definition) is 1. The molecule has 0 bridgehead atoms. The van der Waals surface area contributed by atoms with Crippen molar-refractivity contribution in [1.29, 1.82) is 0 Å². The maximum atomic E-state index is 14.0. The number of Topliss-reactive ketones (excluding diaryl/α,β-unsaturated/α-hetero) is 1. The maximum absolute atomic E-state index is 14.0. The van der Waals surface area contributed by atoms with Crippen molar-refractivity contribution in [3.05, 3.63) is 74.6 Å². The number of carbonyl (C=O) groups excluding carboxylic acids is 1. The summed E-state index contributed by atoms with van der Waals surface area (Å²) in [7, 11) is -4.18. The summed E-state index contributed by atoms with van der Waals surface area (Å²) < 4.78 is 55.9. The number of benzene rings is 2. The highest BCUT2D eigenvalue weighted by molar-refractivity contribution is 7.89. The Morgan fingerprint density at radius 1 is 1.22 bits per heavy atom. The van der Waals surface area contributed by atoms with Crippen molar-refractivity contribution in [3.63, 3.8) is 0 Å². The molecule has 2 aromatic carbocycles. The maximum Gasteiger partial charge on any atom is 0.344 e. The molecule has 1 aromatic heterocycles. The highest BCUT2D eigenvalue weighted by atomic mass is 32.2. The molecule has 0 saturated heterocycles. The first-order chi connectivity index (χ1) is 17.4. The number of carbonyl (C=O) groups is 1. The molecule has 0 amide bonds. The average Bonchev–Trinajstić information content (AvgIpc) is 2.77. The number of ether oxygens (including phenoxy) is 2. The number of nitrogens with two attached hydrogens (primary N) is 1. The van der Waals surface area contributed by atoms with E-state index in [0.29, 0.717) is 28.7 Å². The number of primary sulfonamides is 1. The lowest BCUT2D eigenvalue weighted by Gasteiger charge is -2.32. The highest BCUT2D eigenvalue weighted by Gasteiger charge is 2.36.